The Labute approximate surface area is 160 Å². The fraction of sp³-hybridized carbons (Fsp3) is 0.118. The van der Waals surface area contributed by atoms with Gasteiger partial charge in [-0.05, 0) is 57.4 Å². The topological polar surface area (TPSA) is 26.3 Å². The summed E-state index contributed by atoms with van der Waals surface area (Å²) >= 11 is 18.8. The van der Waals surface area contributed by atoms with Crippen LogP contribution < -0.4 is 4.74 Å². The van der Waals surface area contributed by atoms with Crippen molar-refractivity contribution in [2.75, 3.05) is 6.61 Å². The minimum atomic E-state index is -0.0409. The summed E-state index contributed by atoms with van der Waals surface area (Å²) in [6.45, 7) is 0.221. The summed E-state index contributed by atoms with van der Waals surface area (Å²) in [6, 6.07) is 9.03. The lowest BCUT2D eigenvalue weighted by molar-refractivity contribution is 0.100. The zero-order valence-electron chi connectivity index (χ0n) is 11.7. The van der Waals surface area contributed by atoms with Gasteiger partial charge in [-0.25, -0.2) is 0 Å². The van der Waals surface area contributed by atoms with Crippen molar-refractivity contribution in [3.63, 3.8) is 0 Å². The Morgan fingerprint density at radius 2 is 1.96 bits per heavy atom. The largest absolute Gasteiger partial charge is 0.487 e. The summed E-state index contributed by atoms with van der Waals surface area (Å²) in [7, 11) is 0. The van der Waals surface area contributed by atoms with Crippen LogP contribution in [0.1, 0.15) is 21.5 Å². The van der Waals surface area contributed by atoms with Crippen LogP contribution in [0.15, 0.2) is 40.4 Å². The van der Waals surface area contributed by atoms with Gasteiger partial charge in [0.2, 0.25) is 0 Å². The molecule has 2 aromatic carbocycles. The maximum Gasteiger partial charge on any atom is 0.196 e. The third kappa shape index (κ3) is 3.50. The number of carbonyl (C=O) groups excluding carboxylic acids is 1. The van der Waals surface area contributed by atoms with Crippen molar-refractivity contribution >= 4 is 66.9 Å². The van der Waals surface area contributed by atoms with Crippen molar-refractivity contribution in [2.45, 2.75) is 5.33 Å². The van der Waals surface area contributed by atoms with Gasteiger partial charge in [-0.1, -0.05) is 45.2 Å². The van der Waals surface area contributed by atoms with Crippen LogP contribution in [0.25, 0.3) is 6.08 Å². The Balaban J connectivity index is 2.01. The summed E-state index contributed by atoms with van der Waals surface area (Å²) < 4.78 is 6.54. The Bertz CT molecular complexity index is 832. The number of Topliss-reactive ketones (excluding diaryl/α,β-unsaturated/α-hetero) is 1. The van der Waals surface area contributed by atoms with Gasteiger partial charge in [0.15, 0.2) is 5.78 Å². The van der Waals surface area contributed by atoms with E-state index in [9.17, 15) is 4.79 Å². The molecule has 1 aliphatic rings. The maximum absolute atomic E-state index is 12.7. The first-order valence-electron chi connectivity index (χ1n) is 6.71. The molecule has 2 nitrogen and oxygen atoms in total. The van der Waals surface area contributed by atoms with Gasteiger partial charge in [0.1, 0.15) is 12.4 Å². The van der Waals surface area contributed by atoms with Crippen molar-refractivity contribution < 1.29 is 9.53 Å². The average Bonchev–Trinajstić information content (AvgIpc) is 2.53. The standard InChI is InChI=1S/C17H10Br2Cl2O2/c18-7-10-4-12-16(22)11(8-23-17(12)13(19)5-10)3-9-1-2-14(20)15(21)6-9/h1-6H,7-8H2/b11-3+. The van der Waals surface area contributed by atoms with E-state index in [1.165, 1.54) is 0 Å². The van der Waals surface area contributed by atoms with Crippen LogP contribution >= 0.6 is 55.1 Å². The molecule has 0 fully saturated rings. The molecule has 0 atom stereocenters. The number of benzene rings is 2. The van der Waals surface area contributed by atoms with E-state index in [1.54, 1.807) is 18.2 Å². The molecule has 2 aromatic rings. The molecule has 0 spiro atoms. The van der Waals surface area contributed by atoms with Crippen molar-refractivity contribution in [2.24, 2.45) is 0 Å². The zero-order valence-corrected chi connectivity index (χ0v) is 16.4. The minimum Gasteiger partial charge on any atom is -0.487 e. The van der Waals surface area contributed by atoms with E-state index in [4.69, 9.17) is 27.9 Å². The third-order valence-corrected chi connectivity index (χ3v) is 5.43. The van der Waals surface area contributed by atoms with Crippen molar-refractivity contribution in [3.8, 4) is 5.75 Å². The van der Waals surface area contributed by atoms with Crippen LogP contribution in [0.3, 0.4) is 0 Å². The minimum absolute atomic E-state index is 0.0409. The molecule has 118 valence electrons. The summed E-state index contributed by atoms with van der Waals surface area (Å²) in [5.41, 5.74) is 2.95. The van der Waals surface area contributed by atoms with Crippen LogP contribution in [0.5, 0.6) is 5.75 Å². The van der Waals surface area contributed by atoms with Crippen LogP contribution in [-0.4, -0.2) is 12.4 Å². The van der Waals surface area contributed by atoms with Gasteiger partial charge in [-0.15, -0.1) is 0 Å². The molecule has 0 radical (unpaired) electrons. The zero-order chi connectivity index (χ0) is 16.6. The number of carbonyl (C=O) groups is 1. The van der Waals surface area contributed by atoms with Crippen LogP contribution in [-0.2, 0) is 5.33 Å². The lowest BCUT2D eigenvalue weighted by atomic mass is 9.97. The monoisotopic (exact) mass is 474 g/mol. The second kappa shape index (κ2) is 6.98. The van der Waals surface area contributed by atoms with E-state index in [-0.39, 0.29) is 12.4 Å². The molecule has 0 bridgehead atoms. The van der Waals surface area contributed by atoms with E-state index < -0.39 is 0 Å². The highest BCUT2D eigenvalue weighted by Crippen LogP contribution is 2.36. The number of alkyl halides is 1. The van der Waals surface area contributed by atoms with Crippen molar-refractivity contribution in [1.29, 1.82) is 0 Å². The Morgan fingerprint density at radius 1 is 1.17 bits per heavy atom. The van der Waals surface area contributed by atoms with Gasteiger partial charge in [0, 0.05) is 10.9 Å². The predicted octanol–water partition coefficient (Wildman–Crippen LogP) is 6.31. The average molecular weight is 477 g/mol. The van der Waals surface area contributed by atoms with E-state index >= 15 is 0 Å². The van der Waals surface area contributed by atoms with Gasteiger partial charge < -0.3 is 4.74 Å². The number of hydrogen-bond donors (Lipinski definition) is 0. The van der Waals surface area contributed by atoms with E-state index in [1.807, 2.05) is 18.2 Å². The van der Waals surface area contributed by atoms with Gasteiger partial charge in [0.05, 0.1) is 20.1 Å². The number of halogens is 4. The highest BCUT2D eigenvalue weighted by atomic mass is 79.9. The predicted molar refractivity (Wildman–Crippen MR) is 101 cm³/mol. The number of ketones is 1. The molecule has 0 aromatic heterocycles. The Morgan fingerprint density at radius 3 is 2.65 bits per heavy atom. The molecule has 1 heterocycles. The first-order valence-corrected chi connectivity index (χ1v) is 9.38. The van der Waals surface area contributed by atoms with Crippen LogP contribution in [0, 0.1) is 0 Å². The number of rotatable bonds is 2. The summed E-state index contributed by atoms with van der Waals surface area (Å²) in [5, 5.41) is 1.60. The Hall–Kier alpha value is -0.810. The highest BCUT2D eigenvalue weighted by Gasteiger charge is 2.26. The SMILES string of the molecule is O=C1/C(=C/c2ccc(Cl)c(Cl)c2)COc2c(Br)cc(CBr)cc21. The molecule has 0 saturated heterocycles. The first-order chi connectivity index (χ1) is 11.0. The normalized spacial score (nSPS) is 15.5. The highest BCUT2D eigenvalue weighted by molar-refractivity contribution is 9.10. The van der Waals surface area contributed by atoms with Gasteiger partial charge >= 0.3 is 0 Å². The number of hydrogen-bond acceptors (Lipinski definition) is 2. The molecule has 0 amide bonds. The Kier molecular flexibility index (Phi) is 5.16. The van der Waals surface area contributed by atoms with Crippen molar-refractivity contribution in [1.82, 2.24) is 0 Å². The summed E-state index contributed by atoms with van der Waals surface area (Å²) in [4.78, 5) is 12.7. The second-order valence-corrected chi connectivity index (χ2v) is 7.28. The quantitative estimate of drug-likeness (QED) is 0.375. The second-order valence-electron chi connectivity index (χ2n) is 5.05. The third-order valence-electron chi connectivity index (χ3n) is 3.45. The van der Waals surface area contributed by atoms with Crippen molar-refractivity contribution in [3.05, 3.63) is 67.1 Å². The lowest BCUT2D eigenvalue weighted by Gasteiger charge is -2.21. The van der Waals surface area contributed by atoms with Gasteiger partial charge in [0.25, 0.3) is 0 Å². The molecular formula is C17H10Br2Cl2O2. The van der Waals surface area contributed by atoms with Crippen LogP contribution in [0.4, 0.5) is 0 Å². The molecule has 3 rings (SSSR count). The van der Waals surface area contributed by atoms with E-state index in [0.717, 1.165) is 15.6 Å². The van der Waals surface area contributed by atoms with E-state index in [0.29, 0.717) is 32.3 Å². The van der Waals surface area contributed by atoms with Gasteiger partial charge in [-0.3, -0.25) is 4.79 Å². The smallest absolute Gasteiger partial charge is 0.196 e. The molecule has 6 heteroatoms. The molecule has 1 aliphatic heterocycles. The van der Waals surface area contributed by atoms with Gasteiger partial charge in [-0.2, -0.15) is 0 Å². The fourth-order valence-corrected chi connectivity index (χ4v) is 3.59. The summed E-state index contributed by atoms with van der Waals surface area (Å²) in [6.07, 6.45) is 1.78. The first kappa shape index (κ1) is 17.0. The fourth-order valence-electron chi connectivity index (χ4n) is 2.34. The molecule has 23 heavy (non-hydrogen) atoms. The molecule has 0 aliphatic carbocycles. The molecule has 0 unspecified atom stereocenters. The lowest BCUT2D eigenvalue weighted by Crippen LogP contribution is -2.19. The number of fused-ring (bicyclic) bond motifs is 1. The number of ether oxygens (including phenoxy) is 1. The summed E-state index contributed by atoms with van der Waals surface area (Å²) in [5.74, 6) is 0.548. The van der Waals surface area contributed by atoms with E-state index in [2.05, 4.69) is 31.9 Å². The van der Waals surface area contributed by atoms with Crippen LogP contribution in [0.2, 0.25) is 10.0 Å². The maximum atomic E-state index is 12.7. The molecule has 0 N–H and O–H groups in total. The molecule has 0 saturated carbocycles. The molecular weight excluding hydrogens is 467 g/mol.